The van der Waals surface area contributed by atoms with Crippen LogP contribution in [0, 0.1) is 0 Å². The van der Waals surface area contributed by atoms with Crippen LogP contribution in [0.2, 0.25) is 0 Å². The number of rotatable bonds is 6. The average molecular weight is 338 g/mol. The van der Waals surface area contributed by atoms with Crippen molar-refractivity contribution in [1.82, 2.24) is 5.32 Å². The summed E-state index contributed by atoms with van der Waals surface area (Å²) in [5.74, 6) is 1.83. The van der Waals surface area contributed by atoms with Gasteiger partial charge in [0.1, 0.15) is 11.5 Å². The summed E-state index contributed by atoms with van der Waals surface area (Å²) in [7, 11) is 0. The molecule has 2 aromatic rings. The number of hydrogen-bond acceptors (Lipinski definition) is 3. The molecule has 1 heterocycles. The average Bonchev–Trinajstić information content (AvgIpc) is 2.86. The highest BCUT2D eigenvalue weighted by atomic mass is 79.9. The first kappa shape index (κ1) is 15.1. The lowest BCUT2D eigenvalue weighted by molar-refractivity contribution is 0.340. The maximum atomic E-state index is 5.57. The molecule has 0 aliphatic carbocycles. The summed E-state index contributed by atoms with van der Waals surface area (Å²) in [5, 5.41) is 3.52. The topological polar surface area (TPSA) is 34.4 Å². The van der Waals surface area contributed by atoms with E-state index in [2.05, 4.69) is 47.2 Å². The summed E-state index contributed by atoms with van der Waals surface area (Å²) in [4.78, 5) is 0. The van der Waals surface area contributed by atoms with Gasteiger partial charge in [0.05, 0.1) is 12.6 Å². The van der Waals surface area contributed by atoms with Crippen molar-refractivity contribution in [1.29, 1.82) is 0 Å². The predicted octanol–water partition coefficient (Wildman–Crippen LogP) is 4.85. The lowest BCUT2D eigenvalue weighted by atomic mass is 10.1. The zero-order valence-electron chi connectivity index (χ0n) is 12.0. The third-order valence-corrected chi connectivity index (χ3v) is 3.64. The van der Waals surface area contributed by atoms with Crippen LogP contribution in [0.1, 0.15) is 44.2 Å². The Hall–Kier alpha value is -1.26. The molecule has 0 radical (unpaired) electrons. The first-order valence-corrected chi connectivity index (χ1v) is 7.63. The fourth-order valence-electron chi connectivity index (χ4n) is 2.13. The van der Waals surface area contributed by atoms with E-state index in [0.29, 0.717) is 6.61 Å². The van der Waals surface area contributed by atoms with Gasteiger partial charge in [-0.2, -0.15) is 0 Å². The lowest BCUT2D eigenvalue weighted by Gasteiger charge is -2.19. The van der Waals surface area contributed by atoms with Gasteiger partial charge in [-0.15, -0.1) is 0 Å². The van der Waals surface area contributed by atoms with Gasteiger partial charge in [0, 0.05) is 6.04 Å². The quantitative estimate of drug-likeness (QED) is 0.817. The van der Waals surface area contributed by atoms with Crippen LogP contribution in [0.5, 0.6) is 5.75 Å². The summed E-state index contributed by atoms with van der Waals surface area (Å²) in [6.45, 7) is 6.92. The highest BCUT2D eigenvalue weighted by molar-refractivity contribution is 9.10. The van der Waals surface area contributed by atoms with E-state index in [1.807, 2.05) is 31.2 Å². The van der Waals surface area contributed by atoms with Crippen LogP contribution in [-0.4, -0.2) is 6.61 Å². The maximum Gasteiger partial charge on any atom is 0.169 e. The second kappa shape index (κ2) is 6.95. The molecule has 0 aliphatic heterocycles. The number of furan rings is 1. The lowest BCUT2D eigenvalue weighted by Crippen LogP contribution is -2.22. The summed E-state index contributed by atoms with van der Waals surface area (Å²) in [6, 6.07) is 12.5. The molecule has 0 aliphatic rings. The Morgan fingerprint density at radius 1 is 1.10 bits per heavy atom. The Labute approximate surface area is 128 Å². The Bertz CT molecular complexity index is 536. The molecule has 2 unspecified atom stereocenters. The third-order valence-electron chi connectivity index (χ3n) is 3.21. The zero-order valence-corrected chi connectivity index (χ0v) is 13.6. The molecule has 2 rings (SSSR count). The summed E-state index contributed by atoms with van der Waals surface area (Å²) >= 11 is 3.33. The van der Waals surface area contributed by atoms with Crippen LogP contribution in [0.3, 0.4) is 0 Å². The Balaban J connectivity index is 1.98. The monoisotopic (exact) mass is 337 g/mol. The Morgan fingerprint density at radius 2 is 1.80 bits per heavy atom. The number of nitrogens with one attached hydrogen (secondary N) is 1. The van der Waals surface area contributed by atoms with Gasteiger partial charge >= 0.3 is 0 Å². The van der Waals surface area contributed by atoms with Crippen LogP contribution >= 0.6 is 15.9 Å². The van der Waals surface area contributed by atoms with Crippen LogP contribution < -0.4 is 10.1 Å². The van der Waals surface area contributed by atoms with Gasteiger partial charge in [-0.05, 0) is 66.5 Å². The van der Waals surface area contributed by atoms with Gasteiger partial charge in [0.2, 0.25) is 0 Å². The van der Waals surface area contributed by atoms with Gasteiger partial charge in [-0.3, -0.25) is 0 Å². The van der Waals surface area contributed by atoms with Crippen molar-refractivity contribution < 1.29 is 9.15 Å². The van der Waals surface area contributed by atoms with Crippen LogP contribution in [0.4, 0.5) is 0 Å². The largest absolute Gasteiger partial charge is 0.494 e. The SMILES string of the molecule is CCOc1ccc(C(C)NC(C)c2ccc(Br)o2)cc1. The van der Waals surface area contributed by atoms with Gasteiger partial charge in [0.25, 0.3) is 0 Å². The minimum atomic E-state index is 0.155. The fourth-order valence-corrected chi connectivity index (χ4v) is 2.45. The van der Waals surface area contributed by atoms with Crippen molar-refractivity contribution in [2.24, 2.45) is 0 Å². The van der Waals surface area contributed by atoms with Crippen molar-refractivity contribution in [3.05, 3.63) is 52.4 Å². The van der Waals surface area contributed by atoms with Crippen molar-refractivity contribution in [3.63, 3.8) is 0 Å². The highest BCUT2D eigenvalue weighted by Crippen LogP contribution is 2.24. The smallest absolute Gasteiger partial charge is 0.169 e. The molecule has 0 bridgehead atoms. The summed E-state index contributed by atoms with van der Waals surface area (Å²) < 4.78 is 11.8. The van der Waals surface area contributed by atoms with Crippen LogP contribution in [0.15, 0.2) is 45.5 Å². The predicted molar refractivity (Wildman–Crippen MR) is 84.0 cm³/mol. The number of hydrogen-bond donors (Lipinski definition) is 1. The molecule has 0 spiro atoms. The molecule has 0 amide bonds. The molecule has 2 atom stereocenters. The second-order valence-corrected chi connectivity index (χ2v) is 5.54. The van der Waals surface area contributed by atoms with E-state index in [4.69, 9.17) is 9.15 Å². The van der Waals surface area contributed by atoms with Gasteiger partial charge < -0.3 is 14.5 Å². The first-order valence-electron chi connectivity index (χ1n) is 6.84. The van der Waals surface area contributed by atoms with Crippen LogP contribution in [-0.2, 0) is 0 Å². The molecule has 0 fully saturated rings. The summed E-state index contributed by atoms with van der Waals surface area (Å²) in [6.07, 6.45) is 0. The molecule has 1 aromatic heterocycles. The first-order chi connectivity index (χ1) is 9.60. The number of ether oxygens (including phenoxy) is 1. The molecule has 108 valence electrons. The zero-order chi connectivity index (χ0) is 14.5. The molecule has 3 nitrogen and oxygen atoms in total. The standard InChI is InChI=1S/C16H20BrNO2/c1-4-19-14-7-5-13(6-8-14)11(2)18-12(3)15-9-10-16(17)20-15/h5-12,18H,4H2,1-3H3. The van der Waals surface area contributed by atoms with Crippen LogP contribution in [0.25, 0.3) is 0 Å². The Morgan fingerprint density at radius 3 is 2.35 bits per heavy atom. The molecular weight excluding hydrogens is 318 g/mol. The van der Waals surface area contributed by atoms with Crippen molar-refractivity contribution in [2.45, 2.75) is 32.9 Å². The number of benzene rings is 1. The molecular formula is C16H20BrNO2. The minimum absolute atomic E-state index is 0.155. The van der Waals surface area contributed by atoms with E-state index < -0.39 is 0 Å². The fraction of sp³-hybridized carbons (Fsp3) is 0.375. The van der Waals surface area contributed by atoms with Gasteiger partial charge in [-0.1, -0.05) is 12.1 Å². The Kier molecular flexibility index (Phi) is 5.26. The molecule has 1 N–H and O–H groups in total. The molecule has 0 saturated heterocycles. The van der Waals surface area contributed by atoms with E-state index in [0.717, 1.165) is 16.2 Å². The van der Waals surface area contributed by atoms with E-state index in [1.165, 1.54) is 5.56 Å². The third kappa shape index (κ3) is 3.87. The van der Waals surface area contributed by atoms with Crippen molar-refractivity contribution >= 4 is 15.9 Å². The van der Waals surface area contributed by atoms with E-state index in [-0.39, 0.29) is 12.1 Å². The van der Waals surface area contributed by atoms with Crippen molar-refractivity contribution in [2.75, 3.05) is 6.61 Å². The molecule has 20 heavy (non-hydrogen) atoms. The molecule has 1 aromatic carbocycles. The number of halogens is 1. The van der Waals surface area contributed by atoms with E-state index in [1.54, 1.807) is 0 Å². The normalized spacial score (nSPS) is 14.0. The maximum absolute atomic E-state index is 5.57. The summed E-state index contributed by atoms with van der Waals surface area (Å²) in [5.41, 5.74) is 1.23. The minimum Gasteiger partial charge on any atom is -0.494 e. The molecule has 4 heteroatoms. The van der Waals surface area contributed by atoms with Crippen molar-refractivity contribution in [3.8, 4) is 5.75 Å². The van der Waals surface area contributed by atoms with Gasteiger partial charge in [0.15, 0.2) is 4.67 Å². The van der Waals surface area contributed by atoms with E-state index >= 15 is 0 Å². The second-order valence-electron chi connectivity index (χ2n) is 4.75. The van der Waals surface area contributed by atoms with Gasteiger partial charge in [-0.25, -0.2) is 0 Å². The highest BCUT2D eigenvalue weighted by Gasteiger charge is 2.14. The molecule has 0 saturated carbocycles. The van der Waals surface area contributed by atoms with E-state index in [9.17, 15) is 0 Å².